The highest BCUT2D eigenvalue weighted by Crippen LogP contribution is 2.39. The van der Waals surface area contributed by atoms with Crippen LogP contribution >= 0.6 is 0 Å². The van der Waals surface area contributed by atoms with Gasteiger partial charge in [0.2, 0.25) is 0 Å². The van der Waals surface area contributed by atoms with Gasteiger partial charge in [-0.05, 0) is 54.8 Å². The molecule has 0 aliphatic carbocycles. The van der Waals surface area contributed by atoms with Gasteiger partial charge in [0.05, 0.1) is 13.2 Å². The van der Waals surface area contributed by atoms with Crippen LogP contribution in [0, 0.1) is 12.7 Å². The van der Waals surface area contributed by atoms with Crippen LogP contribution < -0.4 is 4.74 Å². The van der Waals surface area contributed by atoms with Crippen molar-refractivity contribution in [2.75, 3.05) is 13.7 Å². The SMILES string of the molecule is COc1ccc2[nH]cc(CCN3C(=O)c4n[nH]c(C)c4[C@H]3c3ccc(F)cc3)c2c1. The highest BCUT2D eigenvalue weighted by molar-refractivity contribution is 5.98. The van der Waals surface area contributed by atoms with Gasteiger partial charge in [0.15, 0.2) is 5.69 Å². The number of carbonyl (C=O) groups excluding carboxylic acids is 1. The molecule has 7 heteroatoms. The molecule has 0 bridgehead atoms. The Kier molecular flexibility index (Phi) is 4.31. The number of hydrogen-bond acceptors (Lipinski definition) is 3. The number of nitrogens with zero attached hydrogens (tertiary/aromatic N) is 2. The first-order valence-electron chi connectivity index (χ1n) is 9.82. The summed E-state index contributed by atoms with van der Waals surface area (Å²) in [5, 5.41) is 8.22. The molecule has 1 aliphatic rings. The van der Waals surface area contributed by atoms with Crippen molar-refractivity contribution in [1.29, 1.82) is 0 Å². The summed E-state index contributed by atoms with van der Waals surface area (Å²) in [5.41, 5.74) is 5.17. The number of ether oxygens (including phenoxy) is 1. The van der Waals surface area contributed by atoms with Crippen molar-refractivity contribution in [3.8, 4) is 5.75 Å². The standard InChI is InChI=1S/C23H21FN4O2/c1-13-20-21(27-26-13)23(29)28(22(20)14-3-5-16(24)6-4-14)10-9-15-12-25-19-8-7-17(30-2)11-18(15)19/h3-8,11-12,22,25H,9-10H2,1-2H3,(H,26,27)/t22-/m1/s1. The zero-order chi connectivity index (χ0) is 20.8. The number of nitrogens with one attached hydrogen (secondary N) is 2. The van der Waals surface area contributed by atoms with E-state index in [0.717, 1.165) is 39.0 Å². The Morgan fingerprint density at radius 1 is 1.20 bits per heavy atom. The number of rotatable bonds is 5. The molecule has 2 aromatic heterocycles. The number of carbonyl (C=O) groups is 1. The van der Waals surface area contributed by atoms with Crippen molar-refractivity contribution >= 4 is 16.8 Å². The van der Waals surface area contributed by atoms with Gasteiger partial charge in [-0.1, -0.05) is 12.1 Å². The number of methoxy groups -OCH3 is 1. The Balaban J connectivity index is 1.48. The summed E-state index contributed by atoms with van der Waals surface area (Å²) in [5.74, 6) is 0.383. The van der Waals surface area contributed by atoms with Gasteiger partial charge in [-0.15, -0.1) is 0 Å². The van der Waals surface area contributed by atoms with Crippen molar-refractivity contribution in [2.45, 2.75) is 19.4 Å². The number of halogens is 1. The van der Waals surface area contributed by atoms with Crippen molar-refractivity contribution < 1.29 is 13.9 Å². The predicted octanol–water partition coefficient (Wildman–Crippen LogP) is 4.14. The lowest BCUT2D eigenvalue weighted by Gasteiger charge is -2.26. The number of aryl methyl sites for hydroxylation is 1. The summed E-state index contributed by atoms with van der Waals surface area (Å²) in [6.07, 6.45) is 2.64. The molecule has 0 fully saturated rings. The summed E-state index contributed by atoms with van der Waals surface area (Å²) in [7, 11) is 1.65. The topological polar surface area (TPSA) is 74.0 Å². The maximum absolute atomic E-state index is 13.5. The van der Waals surface area contributed by atoms with Gasteiger partial charge in [-0.25, -0.2) is 4.39 Å². The second-order valence-corrected chi connectivity index (χ2v) is 7.54. The molecule has 1 aliphatic heterocycles. The van der Waals surface area contributed by atoms with Crippen LogP contribution in [0.2, 0.25) is 0 Å². The molecule has 0 spiro atoms. The molecule has 0 unspecified atom stereocenters. The fourth-order valence-corrected chi connectivity index (χ4v) is 4.30. The molecule has 4 aromatic rings. The van der Waals surface area contributed by atoms with Gasteiger partial charge in [0.25, 0.3) is 5.91 Å². The summed E-state index contributed by atoms with van der Waals surface area (Å²) in [6.45, 7) is 2.42. The Labute approximate surface area is 172 Å². The normalized spacial score (nSPS) is 15.8. The van der Waals surface area contributed by atoms with Crippen molar-refractivity contribution in [3.63, 3.8) is 0 Å². The predicted molar refractivity (Wildman–Crippen MR) is 111 cm³/mol. The third kappa shape index (κ3) is 2.85. The van der Waals surface area contributed by atoms with Gasteiger partial charge in [-0.3, -0.25) is 9.89 Å². The second kappa shape index (κ2) is 7.02. The Hall–Kier alpha value is -3.61. The summed E-state index contributed by atoms with van der Waals surface area (Å²) in [4.78, 5) is 18.2. The van der Waals surface area contributed by atoms with Crippen LogP contribution in [0.3, 0.4) is 0 Å². The van der Waals surface area contributed by atoms with Crippen LogP contribution in [0.5, 0.6) is 5.75 Å². The number of H-pyrrole nitrogens is 2. The smallest absolute Gasteiger partial charge is 0.275 e. The molecule has 0 saturated heterocycles. The van der Waals surface area contributed by atoms with E-state index in [1.54, 1.807) is 19.2 Å². The van der Waals surface area contributed by atoms with Crippen LogP contribution in [0.1, 0.15) is 38.9 Å². The minimum absolute atomic E-state index is 0.110. The summed E-state index contributed by atoms with van der Waals surface area (Å²) in [6, 6.07) is 11.9. The van der Waals surface area contributed by atoms with Gasteiger partial charge < -0.3 is 14.6 Å². The van der Waals surface area contributed by atoms with E-state index in [1.807, 2.05) is 36.2 Å². The van der Waals surface area contributed by atoms with Crippen LogP contribution in [-0.2, 0) is 6.42 Å². The average Bonchev–Trinajstić information content (AvgIpc) is 3.41. The van der Waals surface area contributed by atoms with Crippen molar-refractivity contribution in [2.24, 2.45) is 0 Å². The highest BCUT2D eigenvalue weighted by atomic mass is 19.1. The lowest BCUT2D eigenvalue weighted by Crippen LogP contribution is -2.31. The zero-order valence-electron chi connectivity index (χ0n) is 16.7. The molecule has 3 heterocycles. The van der Waals surface area contributed by atoms with Crippen molar-refractivity contribution in [1.82, 2.24) is 20.1 Å². The number of aromatic nitrogens is 3. The molecule has 2 aromatic carbocycles. The van der Waals surface area contributed by atoms with Crippen LogP contribution in [0.4, 0.5) is 4.39 Å². The number of aromatic amines is 2. The molecule has 2 N–H and O–H groups in total. The van der Waals surface area contributed by atoms with E-state index in [1.165, 1.54) is 12.1 Å². The van der Waals surface area contributed by atoms with Gasteiger partial charge in [0.1, 0.15) is 11.6 Å². The molecule has 1 atom stereocenters. The molecule has 152 valence electrons. The van der Waals surface area contributed by atoms with Gasteiger partial charge in [-0.2, -0.15) is 5.10 Å². The summed E-state index contributed by atoms with van der Waals surface area (Å²) < 4.78 is 18.8. The maximum Gasteiger partial charge on any atom is 0.275 e. The fourth-order valence-electron chi connectivity index (χ4n) is 4.30. The number of hydrogen-bond donors (Lipinski definition) is 2. The summed E-state index contributed by atoms with van der Waals surface area (Å²) >= 11 is 0. The molecular formula is C23H21FN4O2. The molecule has 6 nitrogen and oxygen atoms in total. The fraction of sp³-hybridized carbons (Fsp3) is 0.217. The third-order valence-electron chi connectivity index (χ3n) is 5.83. The Morgan fingerprint density at radius 3 is 2.77 bits per heavy atom. The number of amides is 1. The third-order valence-corrected chi connectivity index (χ3v) is 5.83. The largest absolute Gasteiger partial charge is 0.497 e. The first-order chi connectivity index (χ1) is 14.6. The van der Waals surface area contributed by atoms with E-state index >= 15 is 0 Å². The second-order valence-electron chi connectivity index (χ2n) is 7.54. The number of benzene rings is 2. The van der Waals surface area contributed by atoms with Crippen molar-refractivity contribution in [3.05, 3.63) is 82.6 Å². The first-order valence-corrected chi connectivity index (χ1v) is 9.82. The van der Waals surface area contributed by atoms with E-state index in [0.29, 0.717) is 18.7 Å². The monoisotopic (exact) mass is 404 g/mol. The number of fused-ring (bicyclic) bond motifs is 2. The molecular weight excluding hydrogens is 383 g/mol. The van der Waals surface area contributed by atoms with Gasteiger partial charge >= 0.3 is 0 Å². The Morgan fingerprint density at radius 2 is 2.00 bits per heavy atom. The van der Waals surface area contributed by atoms with E-state index in [2.05, 4.69) is 15.2 Å². The van der Waals surface area contributed by atoms with Crippen LogP contribution in [0.25, 0.3) is 10.9 Å². The molecule has 1 amide bonds. The molecule has 0 saturated carbocycles. The van der Waals surface area contributed by atoms with E-state index < -0.39 is 0 Å². The minimum Gasteiger partial charge on any atom is -0.497 e. The first kappa shape index (κ1) is 18.4. The quantitative estimate of drug-likeness (QED) is 0.525. The average molecular weight is 404 g/mol. The lowest BCUT2D eigenvalue weighted by atomic mass is 9.99. The van der Waals surface area contributed by atoms with Gasteiger partial charge in [0, 0.05) is 34.9 Å². The highest BCUT2D eigenvalue weighted by Gasteiger charge is 2.41. The minimum atomic E-state index is -0.300. The molecule has 0 radical (unpaired) electrons. The lowest BCUT2D eigenvalue weighted by molar-refractivity contribution is 0.0745. The van der Waals surface area contributed by atoms with Crippen LogP contribution in [-0.4, -0.2) is 39.6 Å². The molecule has 5 rings (SSSR count). The van der Waals surface area contributed by atoms with E-state index in [-0.39, 0.29) is 17.8 Å². The van der Waals surface area contributed by atoms with Crippen LogP contribution in [0.15, 0.2) is 48.7 Å². The van der Waals surface area contributed by atoms with E-state index in [4.69, 9.17) is 4.74 Å². The van der Waals surface area contributed by atoms with E-state index in [9.17, 15) is 9.18 Å². The molecule has 30 heavy (non-hydrogen) atoms. The maximum atomic E-state index is 13.5. The zero-order valence-corrected chi connectivity index (χ0v) is 16.7. The Bertz CT molecular complexity index is 1240.